The van der Waals surface area contributed by atoms with Gasteiger partial charge in [-0.2, -0.15) is 0 Å². The van der Waals surface area contributed by atoms with Gasteiger partial charge in [0.1, 0.15) is 10.8 Å². The molecular weight excluding hydrogens is 330 g/mol. The van der Waals surface area contributed by atoms with E-state index in [-0.39, 0.29) is 5.91 Å². The van der Waals surface area contributed by atoms with Crippen molar-refractivity contribution in [1.29, 1.82) is 0 Å². The van der Waals surface area contributed by atoms with Crippen molar-refractivity contribution in [3.05, 3.63) is 29.3 Å². The lowest BCUT2D eigenvalue weighted by atomic mass is 10.1. The number of carbonyl (C=O) groups excluding carboxylic acids is 1. The maximum absolute atomic E-state index is 12.0. The van der Waals surface area contributed by atoms with Crippen molar-refractivity contribution in [2.75, 3.05) is 18.2 Å². The summed E-state index contributed by atoms with van der Waals surface area (Å²) in [6, 6.07) is 7.64. The van der Waals surface area contributed by atoms with Crippen LogP contribution >= 0.6 is 23.1 Å². The van der Waals surface area contributed by atoms with Gasteiger partial charge in [-0.25, -0.2) is 0 Å². The molecule has 0 aliphatic rings. The number of hydrogen-bond acceptors (Lipinski definition) is 6. The SMILES string of the molecule is CCC(CC)c1nnc(NC(=O)CSc2ccc(OC)cc2)s1. The zero-order valence-electron chi connectivity index (χ0n) is 13.5. The molecule has 2 aromatic rings. The van der Waals surface area contributed by atoms with Gasteiger partial charge in [0.15, 0.2) is 0 Å². The van der Waals surface area contributed by atoms with Crippen molar-refractivity contribution in [3.63, 3.8) is 0 Å². The highest BCUT2D eigenvalue weighted by Gasteiger charge is 2.14. The Kier molecular flexibility index (Phi) is 6.85. The molecule has 1 N–H and O–H groups in total. The lowest BCUT2D eigenvalue weighted by Gasteiger charge is -2.06. The third kappa shape index (κ3) is 5.21. The monoisotopic (exact) mass is 351 g/mol. The Hall–Kier alpha value is -1.60. The van der Waals surface area contributed by atoms with Crippen LogP contribution in [0.1, 0.15) is 37.6 Å². The van der Waals surface area contributed by atoms with Gasteiger partial charge in [-0.15, -0.1) is 22.0 Å². The quantitative estimate of drug-likeness (QED) is 0.723. The number of carbonyl (C=O) groups is 1. The van der Waals surface area contributed by atoms with Gasteiger partial charge >= 0.3 is 0 Å². The summed E-state index contributed by atoms with van der Waals surface area (Å²) in [5.41, 5.74) is 0. The minimum absolute atomic E-state index is 0.0712. The largest absolute Gasteiger partial charge is 0.497 e. The van der Waals surface area contributed by atoms with E-state index in [9.17, 15) is 4.79 Å². The number of hydrogen-bond donors (Lipinski definition) is 1. The zero-order chi connectivity index (χ0) is 16.7. The van der Waals surface area contributed by atoms with Crippen LogP contribution in [0.2, 0.25) is 0 Å². The number of aromatic nitrogens is 2. The van der Waals surface area contributed by atoms with Gasteiger partial charge in [-0.05, 0) is 37.1 Å². The molecule has 1 aromatic carbocycles. The first-order chi connectivity index (χ1) is 11.2. The van der Waals surface area contributed by atoms with Gasteiger partial charge in [-0.3, -0.25) is 10.1 Å². The molecule has 0 saturated heterocycles. The number of anilines is 1. The normalized spacial score (nSPS) is 10.8. The molecular formula is C16H21N3O2S2. The fourth-order valence-electron chi connectivity index (χ4n) is 2.06. The summed E-state index contributed by atoms with van der Waals surface area (Å²) >= 11 is 2.94. The van der Waals surface area contributed by atoms with Crippen molar-refractivity contribution in [2.45, 2.75) is 37.5 Å². The standard InChI is InChI=1S/C16H21N3O2S2/c1-4-11(5-2)15-18-19-16(23-15)17-14(20)10-22-13-8-6-12(21-3)7-9-13/h6-9,11H,4-5,10H2,1-3H3,(H,17,19,20). The average molecular weight is 351 g/mol. The van der Waals surface area contributed by atoms with Crippen LogP contribution in [0.5, 0.6) is 5.75 Å². The molecule has 0 aliphatic heterocycles. The summed E-state index contributed by atoms with van der Waals surface area (Å²) in [6.07, 6.45) is 2.07. The second-order valence-electron chi connectivity index (χ2n) is 4.97. The molecule has 23 heavy (non-hydrogen) atoms. The van der Waals surface area contributed by atoms with Gasteiger partial charge in [0.25, 0.3) is 0 Å². The Labute approximate surface area is 144 Å². The summed E-state index contributed by atoms with van der Waals surface area (Å²) in [7, 11) is 1.63. The third-order valence-corrected chi connectivity index (χ3v) is 5.46. The Morgan fingerprint density at radius 1 is 1.26 bits per heavy atom. The van der Waals surface area contributed by atoms with Crippen molar-refractivity contribution < 1.29 is 9.53 Å². The molecule has 0 unspecified atom stereocenters. The summed E-state index contributed by atoms with van der Waals surface area (Å²) in [4.78, 5) is 13.0. The Morgan fingerprint density at radius 3 is 2.57 bits per heavy atom. The minimum atomic E-state index is -0.0712. The van der Waals surface area contributed by atoms with Crippen molar-refractivity contribution in [2.24, 2.45) is 0 Å². The Morgan fingerprint density at radius 2 is 1.96 bits per heavy atom. The molecule has 0 spiro atoms. The van der Waals surface area contributed by atoms with Gasteiger partial charge in [0, 0.05) is 10.8 Å². The van der Waals surface area contributed by atoms with E-state index < -0.39 is 0 Å². The smallest absolute Gasteiger partial charge is 0.236 e. The van der Waals surface area contributed by atoms with E-state index in [1.165, 1.54) is 23.1 Å². The summed E-state index contributed by atoms with van der Waals surface area (Å²) in [6.45, 7) is 4.28. The lowest BCUT2D eigenvalue weighted by molar-refractivity contribution is -0.113. The molecule has 0 fully saturated rings. The number of amides is 1. The highest BCUT2D eigenvalue weighted by Crippen LogP contribution is 2.28. The first-order valence-electron chi connectivity index (χ1n) is 7.56. The fraction of sp³-hybridized carbons (Fsp3) is 0.438. The van der Waals surface area contributed by atoms with E-state index in [1.807, 2.05) is 24.3 Å². The number of nitrogens with one attached hydrogen (secondary N) is 1. The zero-order valence-corrected chi connectivity index (χ0v) is 15.2. The highest BCUT2D eigenvalue weighted by molar-refractivity contribution is 8.00. The maximum Gasteiger partial charge on any atom is 0.236 e. The molecule has 2 rings (SSSR count). The Balaban J connectivity index is 1.84. The van der Waals surface area contributed by atoms with Crippen LogP contribution in [-0.4, -0.2) is 29.0 Å². The number of methoxy groups -OCH3 is 1. The van der Waals surface area contributed by atoms with Crippen molar-refractivity contribution in [1.82, 2.24) is 10.2 Å². The van der Waals surface area contributed by atoms with Crippen LogP contribution in [0.4, 0.5) is 5.13 Å². The predicted octanol–water partition coefficient (Wildman–Crippen LogP) is 4.18. The predicted molar refractivity (Wildman–Crippen MR) is 95.6 cm³/mol. The highest BCUT2D eigenvalue weighted by atomic mass is 32.2. The van der Waals surface area contributed by atoms with Crippen LogP contribution in [0, 0.1) is 0 Å². The van der Waals surface area contributed by atoms with Crippen molar-refractivity contribution >= 4 is 34.1 Å². The second kappa shape index (κ2) is 8.88. The fourth-order valence-corrected chi connectivity index (χ4v) is 3.79. The van der Waals surface area contributed by atoms with Crippen molar-refractivity contribution in [3.8, 4) is 5.75 Å². The first kappa shape index (κ1) is 17.7. The number of benzene rings is 1. The second-order valence-corrected chi connectivity index (χ2v) is 7.03. The molecule has 0 atom stereocenters. The van der Waals surface area contributed by atoms with Crippen LogP contribution in [-0.2, 0) is 4.79 Å². The van der Waals surface area contributed by atoms with Gasteiger partial charge in [-0.1, -0.05) is 25.2 Å². The molecule has 0 saturated carbocycles. The summed E-state index contributed by atoms with van der Waals surface area (Å²) < 4.78 is 5.11. The van der Waals surface area contributed by atoms with E-state index in [2.05, 4.69) is 29.4 Å². The molecule has 5 nitrogen and oxygen atoms in total. The van der Waals surface area contributed by atoms with Crippen LogP contribution in [0.25, 0.3) is 0 Å². The van der Waals surface area contributed by atoms with Crippen LogP contribution in [0.15, 0.2) is 29.2 Å². The van der Waals surface area contributed by atoms with Crippen LogP contribution in [0.3, 0.4) is 0 Å². The van der Waals surface area contributed by atoms with E-state index in [0.29, 0.717) is 16.8 Å². The number of rotatable bonds is 8. The summed E-state index contributed by atoms with van der Waals surface area (Å²) in [5.74, 6) is 1.50. The third-order valence-electron chi connectivity index (χ3n) is 3.45. The number of ether oxygens (including phenoxy) is 1. The van der Waals surface area contributed by atoms with Gasteiger partial charge in [0.05, 0.1) is 12.9 Å². The van der Waals surface area contributed by atoms with Gasteiger partial charge < -0.3 is 4.74 Å². The number of nitrogens with zero attached hydrogens (tertiary/aromatic N) is 2. The molecule has 0 radical (unpaired) electrons. The molecule has 0 aliphatic carbocycles. The average Bonchev–Trinajstić information content (AvgIpc) is 3.03. The molecule has 7 heteroatoms. The van der Waals surface area contributed by atoms with Crippen LogP contribution < -0.4 is 10.1 Å². The van der Waals surface area contributed by atoms with E-state index in [0.717, 1.165) is 28.5 Å². The van der Waals surface area contributed by atoms with E-state index in [1.54, 1.807) is 7.11 Å². The lowest BCUT2D eigenvalue weighted by Crippen LogP contribution is -2.13. The molecule has 1 amide bonds. The van der Waals surface area contributed by atoms with Gasteiger partial charge in [0.2, 0.25) is 11.0 Å². The topological polar surface area (TPSA) is 64.1 Å². The summed E-state index contributed by atoms with van der Waals surface area (Å²) in [5, 5.41) is 12.6. The molecule has 0 bridgehead atoms. The molecule has 124 valence electrons. The minimum Gasteiger partial charge on any atom is -0.497 e. The Bertz CT molecular complexity index is 625. The van der Waals surface area contributed by atoms with E-state index >= 15 is 0 Å². The maximum atomic E-state index is 12.0. The number of thioether (sulfide) groups is 1. The first-order valence-corrected chi connectivity index (χ1v) is 9.36. The molecule has 1 heterocycles. The van der Waals surface area contributed by atoms with E-state index in [4.69, 9.17) is 4.74 Å². The molecule has 1 aromatic heterocycles.